The molecule has 1 aromatic carbocycles. The lowest BCUT2D eigenvalue weighted by Gasteiger charge is -2.07. The number of methoxy groups -OCH3 is 1. The second-order valence-electron chi connectivity index (χ2n) is 4.74. The molecule has 0 amide bonds. The first kappa shape index (κ1) is 14.1. The summed E-state index contributed by atoms with van der Waals surface area (Å²) >= 11 is 0. The van der Waals surface area contributed by atoms with Crippen LogP contribution in [-0.4, -0.2) is 27.9 Å². The van der Waals surface area contributed by atoms with E-state index in [0.717, 1.165) is 17.0 Å². The smallest absolute Gasteiger partial charge is 0.247 e. The van der Waals surface area contributed by atoms with Gasteiger partial charge in [-0.05, 0) is 44.0 Å². The highest BCUT2D eigenvalue weighted by Gasteiger charge is 2.11. The van der Waals surface area contributed by atoms with Gasteiger partial charge in [0.05, 0.1) is 12.8 Å². The number of hydrogen-bond donors (Lipinski definition) is 1. The SMILES string of the molecule is COc1cc(CCC(=O)n2nc(C)cc2C)ccc1O. The monoisotopic (exact) mass is 274 g/mol. The summed E-state index contributed by atoms with van der Waals surface area (Å²) in [4.78, 5) is 12.1. The summed E-state index contributed by atoms with van der Waals surface area (Å²) in [5, 5.41) is 13.7. The molecule has 0 aliphatic carbocycles. The number of carbonyl (C=O) groups excluding carboxylic acids is 1. The van der Waals surface area contributed by atoms with Crippen molar-refractivity contribution in [3.8, 4) is 11.5 Å². The second kappa shape index (κ2) is 5.77. The first-order valence-electron chi connectivity index (χ1n) is 6.43. The Morgan fingerprint density at radius 1 is 1.35 bits per heavy atom. The van der Waals surface area contributed by atoms with Crippen molar-refractivity contribution in [2.75, 3.05) is 7.11 Å². The van der Waals surface area contributed by atoms with E-state index in [1.807, 2.05) is 19.9 Å². The van der Waals surface area contributed by atoms with Gasteiger partial charge in [-0.25, -0.2) is 4.68 Å². The first-order valence-corrected chi connectivity index (χ1v) is 6.43. The van der Waals surface area contributed by atoms with Crippen molar-refractivity contribution >= 4 is 5.91 Å². The topological polar surface area (TPSA) is 64.4 Å². The Bertz CT molecular complexity index is 632. The van der Waals surface area contributed by atoms with Crippen molar-refractivity contribution in [1.29, 1.82) is 0 Å². The second-order valence-corrected chi connectivity index (χ2v) is 4.74. The van der Waals surface area contributed by atoms with E-state index in [0.29, 0.717) is 18.6 Å². The van der Waals surface area contributed by atoms with Crippen molar-refractivity contribution in [1.82, 2.24) is 9.78 Å². The zero-order valence-electron chi connectivity index (χ0n) is 11.9. The Morgan fingerprint density at radius 3 is 2.70 bits per heavy atom. The van der Waals surface area contributed by atoms with Crippen LogP contribution in [0.1, 0.15) is 28.2 Å². The molecule has 0 bridgehead atoms. The highest BCUT2D eigenvalue weighted by Crippen LogP contribution is 2.26. The fraction of sp³-hybridized carbons (Fsp3) is 0.333. The summed E-state index contributed by atoms with van der Waals surface area (Å²) in [6.07, 6.45) is 0.934. The molecular weight excluding hydrogens is 256 g/mol. The van der Waals surface area contributed by atoms with E-state index in [-0.39, 0.29) is 11.7 Å². The number of benzene rings is 1. The minimum atomic E-state index is -0.0392. The summed E-state index contributed by atoms with van der Waals surface area (Å²) < 4.78 is 6.48. The van der Waals surface area contributed by atoms with Crippen LogP contribution in [0.3, 0.4) is 0 Å². The van der Waals surface area contributed by atoms with Crippen LogP contribution in [0.4, 0.5) is 0 Å². The molecule has 5 nitrogen and oxygen atoms in total. The fourth-order valence-electron chi connectivity index (χ4n) is 2.12. The number of phenols is 1. The maximum Gasteiger partial charge on any atom is 0.247 e. The molecule has 2 aromatic rings. The quantitative estimate of drug-likeness (QED) is 0.930. The minimum Gasteiger partial charge on any atom is -0.504 e. The van der Waals surface area contributed by atoms with E-state index in [4.69, 9.17) is 4.74 Å². The van der Waals surface area contributed by atoms with E-state index < -0.39 is 0 Å². The maximum absolute atomic E-state index is 12.1. The molecule has 0 atom stereocenters. The fourth-order valence-corrected chi connectivity index (χ4v) is 2.12. The largest absolute Gasteiger partial charge is 0.504 e. The third kappa shape index (κ3) is 2.99. The molecule has 0 saturated heterocycles. The van der Waals surface area contributed by atoms with Gasteiger partial charge in [0, 0.05) is 12.1 Å². The molecule has 0 saturated carbocycles. The molecule has 20 heavy (non-hydrogen) atoms. The zero-order valence-corrected chi connectivity index (χ0v) is 11.9. The van der Waals surface area contributed by atoms with Gasteiger partial charge in [0.1, 0.15) is 0 Å². The summed E-state index contributed by atoms with van der Waals surface area (Å²) in [7, 11) is 1.50. The number of ether oxygens (including phenoxy) is 1. The Kier molecular flexibility index (Phi) is 4.08. The summed E-state index contributed by atoms with van der Waals surface area (Å²) in [5.41, 5.74) is 2.62. The molecule has 106 valence electrons. The Hall–Kier alpha value is -2.30. The van der Waals surface area contributed by atoms with Gasteiger partial charge in [0.2, 0.25) is 5.91 Å². The molecule has 1 aromatic heterocycles. The van der Waals surface area contributed by atoms with E-state index in [1.54, 1.807) is 18.2 Å². The highest BCUT2D eigenvalue weighted by atomic mass is 16.5. The van der Waals surface area contributed by atoms with Crippen molar-refractivity contribution < 1.29 is 14.6 Å². The maximum atomic E-state index is 12.1. The van der Waals surface area contributed by atoms with Crippen molar-refractivity contribution in [3.63, 3.8) is 0 Å². The lowest BCUT2D eigenvalue weighted by molar-refractivity contribution is 0.0884. The third-order valence-corrected chi connectivity index (χ3v) is 3.12. The number of nitrogens with zero attached hydrogens (tertiary/aromatic N) is 2. The number of hydrogen-bond acceptors (Lipinski definition) is 4. The minimum absolute atomic E-state index is 0.0392. The molecule has 0 aliphatic rings. The van der Waals surface area contributed by atoms with Gasteiger partial charge in [-0.2, -0.15) is 5.10 Å². The van der Waals surface area contributed by atoms with Crippen LogP contribution in [0.2, 0.25) is 0 Å². The number of carbonyl (C=O) groups is 1. The van der Waals surface area contributed by atoms with E-state index in [9.17, 15) is 9.90 Å². The number of aromatic nitrogens is 2. The summed E-state index contributed by atoms with van der Waals surface area (Å²) in [6, 6.07) is 6.97. The van der Waals surface area contributed by atoms with Gasteiger partial charge in [-0.1, -0.05) is 6.07 Å². The van der Waals surface area contributed by atoms with Crippen LogP contribution < -0.4 is 4.74 Å². The molecule has 0 radical (unpaired) electrons. The van der Waals surface area contributed by atoms with Crippen LogP contribution >= 0.6 is 0 Å². The molecule has 0 unspecified atom stereocenters. The van der Waals surface area contributed by atoms with Crippen molar-refractivity contribution in [2.24, 2.45) is 0 Å². The summed E-state index contributed by atoms with van der Waals surface area (Å²) in [5.74, 6) is 0.477. The van der Waals surface area contributed by atoms with Crippen molar-refractivity contribution in [2.45, 2.75) is 26.7 Å². The lowest BCUT2D eigenvalue weighted by Crippen LogP contribution is -2.14. The average Bonchev–Trinajstić information content (AvgIpc) is 2.76. The van der Waals surface area contributed by atoms with Crippen LogP contribution in [0.5, 0.6) is 11.5 Å². The van der Waals surface area contributed by atoms with Gasteiger partial charge in [0.25, 0.3) is 0 Å². The van der Waals surface area contributed by atoms with Crippen LogP contribution in [0.15, 0.2) is 24.3 Å². The lowest BCUT2D eigenvalue weighted by atomic mass is 10.1. The Labute approximate surface area is 117 Å². The molecule has 0 fully saturated rings. The normalized spacial score (nSPS) is 10.6. The van der Waals surface area contributed by atoms with Crippen LogP contribution in [0, 0.1) is 13.8 Å². The number of aromatic hydroxyl groups is 1. The van der Waals surface area contributed by atoms with Crippen LogP contribution in [-0.2, 0) is 6.42 Å². The van der Waals surface area contributed by atoms with E-state index in [1.165, 1.54) is 11.8 Å². The summed E-state index contributed by atoms with van der Waals surface area (Å²) in [6.45, 7) is 3.73. The number of aryl methyl sites for hydroxylation is 3. The number of rotatable bonds is 4. The molecule has 1 N–H and O–H groups in total. The average molecular weight is 274 g/mol. The van der Waals surface area contributed by atoms with Gasteiger partial charge < -0.3 is 9.84 Å². The van der Waals surface area contributed by atoms with E-state index in [2.05, 4.69) is 5.10 Å². The Morgan fingerprint density at radius 2 is 2.10 bits per heavy atom. The predicted molar refractivity (Wildman–Crippen MR) is 75.3 cm³/mol. The first-order chi connectivity index (χ1) is 9.51. The standard InChI is InChI=1S/C15H18N2O3/c1-10-8-11(2)17(16-10)15(19)7-5-12-4-6-13(18)14(9-12)20-3/h4,6,8-9,18H,5,7H2,1-3H3. The van der Waals surface area contributed by atoms with Crippen LogP contribution in [0.25, 0.3) is 0 Å². The molecule has 0 aliphatic heterocycles. The van der Waals surface area contributed by atoms with Gasteiger partial charge >= 0.3 is 0 Å². The van der Waals surface area contributed by atoms with Gasteiger partial charge in [0.15, 0.2) is 11.5 Å². The molecule has 0 spiro atoms. The van der Waals surface area contributed by atoms with Crippen molar-refractivity contribution in [3.05, 3.63) is 41.2 Å². The third-order valence-electron chi connectivity index (χ3n) is 3.12. The zero-order chi connectivity index (χ0) is 14.7. The van der Waals surface area contributed by atoms with E-state index >= 15 is 0 Å². The molecule has 2 rings (SSSR count). The highest BCUT2D eigenvalue weighted by molar-refractivity contribution is 5.79. The van der Waals surface area contributed by atoms with Gasteiger partial charge in [-0.3, -0.25) is 4.79 Å². The van der Waals surface area contributed by atoms with Gasteiger partial charge in [-0.15, -0.1) is 0 Å². The predicted octanol–water partition coefficient (Wildman–Crippen LogP) is 2.49. The number of phenolic OH excluding ortho intramolecular Hbond substituents is 1. The molecule has 1 heterocycles. The molecular formula is C15H18N2O3. The molecule has 5 heteroatoms. The Balaban J connectivity index is 2.05.